The van der Waals surface area contributed by atoms with E-state index >= 15 is 0 Å². The summed E-state index contributed by atoms with van der Waals surface area (Å²) < 4.78 is 8.71. The summed E-state index contributed by atoms with van der Waals surface area (Å²) in [6.45, 7) is 0. The van der Waals surface area contributed by atoms with Crippen LogP contribution in [-0.2, 0) is 19.2 Å². The molecule has 0 saturated carbocycles. The van der Waals surface area contributed by atoms with E-state index in [0.717, 1.165) is 27.4 Å². The molecule has 0 bridgehead atoms. The van der Waals surface area contributed by atoms with Gasteiger partial charge in [0.25, 0.3) is 0 Å². The smallest absolute Gasteiger partial charge is 0.248 e. The van der Waals surface area contributed by atoms with Crippen molar-refractivity contribution in [1.82, 2.24) is 25.0 Å². The Morgan fingerprint density at radius 1 is 0.963 bits per heavy atom. The van der Waals surface area contributed by atoms with Crippen LogP contribution in [-0.4, -0.2) is 25.0 Å². The summed E-state index contributed by atoms with van der Waals surface area (Å²) in [5.74, 6) is 2.51. The first kappa shape index (κ1) is 17.9. The summed E-state index contributed by atoms with van der Waals surface area (Å²) in [4.78, 5) is 0. The second-order valence-corrected chi connectivity index (χ2v) is 7.69. The fraction of sp³-hybridized carbons (Fsp3) is 0.158. The molecular formula is C19H16BrN5OS. The number of halogens is 1. The summed E-state index contributed by atoms with van der Waals surface area (Å²) in [6, 6.07) is 18.0. The molecule has 0 aliphatic rings. The standard InChI is InChI=1S/C19H16BrN5OS/c1-25-16(11-13-7-3-2-4-8-13)21-24-19(25)27-12-17-22-23-18(26-17)14-9-5-6-10-15(14)20/h2-10H,11-12H2,1H3. The largest absolute Gasteiger partial charge is 0.420 e. The van der Waals surface area contributed by atoms with E-state index in [9.17, 15) is 0 Å². The van der Waals surface area contributed by atoms with Gasteiger partial charge in [-0.25, -0.2) is 0 Å². The van der Waals surface area contributed by atoms with Crippen molar-refractivity contribution in [2.24, 2.45) is 7.05 Å². The van der Waals surface area contributed by atoms with Gasteiger partial charge in [0.15, 0.2) is 5.16 Å². The van der Waals surface area contributed by atoms with Crippen molar-refractivity contribution < 1.29 is 4.42 Å². The van der Waals surface area contributed by atoms with E-state index in [1.807, 2.05) is 54.1 Å². The number of nitrogens with zero attached hydrogens (tertiary/aromatic N) is 5. The Hall–Kier alpha value is -2.45. The Bertz CT molecular complexity index is 1050. The molecule has 0 atom stereocenters. The molecule has 0 spiro atoms. The molecule has 2 aromatic heterocycles. The Morgan fingerprint density at radius 2 is 1.74 bits per heavy atom. The zero-order valence-electron chi connectivity index (χ0n) is 14.5. The van der Waals surface area contributed by atoms with Crippen LogP contribution in [0.15, 0.2) is 68.6 Å². The maximum absolute atomic E-state index is 5.78. The third kappa shape index (κ3) is 4.12. The minimum absolute atomic E-state index is 0.501. The van der Waals surface area contributed by atoms with Crippen LogP contribution in [0.3, 0.4) is 0 Å². The average molecular weight is 442 g/mol. The summed E-state index contributed by atoms with van der Waals surface area (Å²) in [5.41, 5.74) is 2.09. The Kier molecular flexibility index (Phi) is 5.35. The molecule has 2 heterocycles. The van der Waals surface area contributed by atoms with Gasteiger partial charge in [0.05, 0.1) is 11.3 Å². The first-order chi connectivity index (χ1) is 13.2. The van der Waals surface area contributed by atoms with Crippen LogP contribution in [0, 0.1) is 0 Å². The molecule has 0 unspecified atom stereocenters. The van der Waals surface area contributed by atoms with Gasteiger partial charge in [-0.15, -0.1) is 20.4 Å². The summed E-state index contributed by atoms with van der Waals surface area (Å²) >= 11 is 5.03. The lowest BCUT2D eigenvalue weighted by atomic mass is 10.1. The molecule has 136 valence electrons. The zero-order chi connectivity index (χ0) is 18.6. The molecule has 0 fully saturated rings. The minimum atomic E-state index is 0.501. The van der Waals surface area contributed by atoms with Crippen LogP contribution < -0.4 is 0 Å². The van der Waals surface area contributed by atoms with Gasteiger partial charge in [-0.3, -0.25) is 0 Å². The summed E-state index contributed by atoms with van der Waals surface area (Å²) in [5, 5.41) is 17.7. The molecule has 2 aromatic carbocycles. The lowest BCUT2D eigenvalue weighted by Gasteiger charge is -2.03. The van der Waals surface area contributed by atoms with Crippen LogP contribution in [0.5, 0.6) is 0 Å². The SMILES string of the molecule is Cn1c(Cc2ccccc2)nnc1SCc1nnc(-c2ccccc2Br)o1. The second kappa shape index (κ2) is 8.06. The van der Waals surface area contributed by atoms with Crippen molar-refractivity contribution in [2.75, 3.05) is 0 Å². The van der Waals surface area contributed by atoms with Gasteiger partial charge in [-0.05, 0) is 33.6 Å². The first-order valence-electron chi connectivity index (χ1n) is 8.33. The fourth-order valence-corrected chi connectivity index (χ4v) is 3.81. The maximum Gasteiger partial charge on any atom is 0.248 e. The minimum Gasteiger partial charge on any atom is -0.420 e. The number of hydrogen-bond donors (Lipinski definition) is 0. The lowest BCUT2D eigenvalue weighted by molar-refractivity contribution is 0.528. The maximum atomic E-state index is 5.78. The van der Waals surface area contributed by atoms with E-state index < -0.39 is 0 Å². The van der Waals surface area contributed by atoms with Crippen molar-refractivity contribution in [1.29, 1.82) is 0 Å². The molecule has 0 amide bonds. The van der Waals surface area contributed by atoms with E-state index in [1.54, 1.807) is 0 Å². The van der Waals surface area contributed by atoms with E-state index in [1.165, 1.54) is 17.3 Å². The third-order valence-electron chi connectivity index (χ3n) is 4.03. The van der Waals surface area contributed by atoms with E-state index in [-0.39, 0.29) is 0 Å². The van der Waals surface area contributed by atoms with Crippen LogP contribution in [0.1, 0.15) is 17.3 Å². The van der Waals surface area contributed by atoms with Crippen molar-refractivity contribution >= 4 is 27.7 Å². The molecule has 0 N–H and O–H groups in total. The van der Waals surface area contributed by atoms with Crippen LogP contribution in [0.2, 0.25) is 0 Å². The van der Waals surface area contributed by atoms with E-state index in [4.69, 9.17) is 4.42 Å². The molecule has 6 nitrogen and oxygen atoms in total. The molecule has 0 saturated heterocycles. The van der Waals surface area contributed by atoms with Crippen molar-refractivity contribution in [2.45, 2.75) is 17.3 Å². The van der Waals surface area contributed by atoms with Crippen molar-refractivity contribution in [3.05, 3.63) is 76.3 Å². The zero-order valence-corrected chi connectivity index (χ0v) is 16.9. The average Bonchev–Trinajstić information content (AvgIpc) is 3.29. The highest BCUT2D eigenvalue weighted by molar-refractivity contribution is 9.10. The summed E-state index contributed by atoms with van der Waals surface area (Å²) in [7, 11) is 1.97. The number of aromatic nitrogens is 5. The van der Waals surface area contributed by atoms with Gasteiger partial charge in [-0.1, -0.05) is 54.2 Å². The van der Waals surface area contributed by atoms with Crippen molar-refractivity contribution in [3.8, 4) is 11.5 Å². The number of rotatable bonds is 6. The monoisotopic (exact) mass is 441 g/mol. The molecule has 4 aromatic rings. The summed E-state index contributed by atoms with van der Waals surface area (Å²) in [6.07, 6.45) is 0.748. The molecule has 0 radical (unpaired) electrons. The van der Waals surface area contributed by atoms with Crippen molar-refractivity contribution in [3.63, 3.8) is 0 Å². The molecular weight excluding hydrogens is 426 g/mol. The molecule has 0 aliphatic heterocycles. The van der Waals surface area contributed by atoms with Crippen LogP contribution in [0.25, 0.3) is 11.5 Å². The lowest BCUT2D eigenvalue weighted by Crippen LogP contribution is -2.00. The van der Waals surface area contributed by atoms with E-state index in [0.29, 0.717) is 17.5 Å². The highest BCUT2D eigenvalue weighted by atomic mass is 79.9. The number of hydrogen-bond acceptors (Lipinski definition) is 6. The van der Waals surface area contributed by atoms with Gasteiger partial charge in [0, 0.05) is 17.9 Å². The molecule has 27 heavy (non-hydrogen) atoms. The predicted octanol–water partition coefficient (Wildman–Crippen LogP) is 4.51. The Morgan fingerprint density at radius 3 is 2.56 bits per heavy atom. The van der Waals surface area contributed by atoms with Gasteiger partial charge in [-0.2, -0.15) is 0 Å². The van der Waals surface area contributed by atoms with Gasteiger partial charge < -0.3 is 8.98 Å². The molecule has 0 aliphatic carbocycles. The number of thioether (sulfide) groups is 1. The quantitative estimate of drug-likeness (QED) is 0.410. The third-order valence-corrected chi connectivity index (χ3v) is 5.72. The van der Waals surface area contributed by atoms with Gasteiger partial charge in [0.1, 0.15) is 5.82 Å². The topological polar surface area (TPSA) is 69.6 Å². The predicted molar refractivity (Wildman–Crippen MR) is 107 cm³/mol. The highest BCUT2D eigenvalue weighted by Crippen LogP contribution is 2.28. The number of benzene rings is 2. The molecule has 4 rings (SSSR count). The fourth-order valence-electron chi connectivity index (χ4n) is 2.58. The Labute approximate surface area is 169 Å². The van der Waals surface area contributed by atoms with E-state index in [2.05, 4.69) is 48.5 Å². The Balaban J connectivity index is 1.43. The van der Waals surface area contributed by atoms with Crippen LogP contribution >= 0.6 is 27.7 Å². The first-order valence-corrected chi connectivity index (χ1v) is 10.1. The molecule has 8 heteroatoms. The highest BCUT2D eigenvalue weighted by Gasteiger charge is 2.14. The van der Waals surface area contributed by atoms with Gasteiger partial charge in [0.2, 0.25) is 11.8 Å². The van der Waals surface area contributed by atoms with Crippen LogP contribution in [0.4, 0.5) is 0 Å². The van der Waals surface area contributed by atoms with Gasteiger partial charge >= 0.3 is 0 Å². The normalized spacial score (nSPS) is 11.0. The second-order valence-electron chi connectivity index (χ2n) is 5.89.